The molecule has 1 aliphatic heterocycles. The van der Waals surface area contributed by atoms with Gasteiger partial charge in [-0.25, -0.2) is 4.99 Å². The van der Waals surface area contributed by atoms with E-state index in [1.54, 1.807) is 0 Å². The molecule has 0 aromatic rings. The summed E-state index contributed by atoms with van der Waals surface area (Å²) in [7, 11) is 0. The zero-order valence-corrected chi connectivity index (χ0v) is 7.21. The van der Waals surface area contributed by atoms with Crippen LogP contribution in [0.1, 0.15) is 6.42 Å². The summed E-state index contributed by atoms with van der Waals surface area (Å²) in [6, 6.07) is 0. The summed E-state index contributed by atoms with van der Waals surface area (Å²) >= 11 is 10.6. The highest BCUT2D eigenvalue weighted by Crippen LogP contribution is 2.42. The molecule has 0 radical (unpaired) electrons. The van der Waals surface area contributed by atoms with Gasteiger partial charge in [-0.05, 0) is 6.08 Å². The van der Waals surface area contributed by atoms with Gasteiger partial charge in [-0.2, -0.15) is 13.2 Å². The highest BCUT2D eigenvalue weighted by Gasteiger charge is 2.52. The lowest BCUT2D eigenvalue weighted by Crippen LogP contribution is -2.39. The van der Waals surface area contributed by atoms with E-state index in [0.29, 0.717) is 6.08 Å². The minimum atomic E-state index is -4.50. The van der Waals surface area contributed by atoms with Gasteiger partial charge in [-0.3, -0.25) is 0 Å². The number of nitrogens with zero attached hydrogens (tertiary/aromatic N) is 1. The van der Waals surface area contributed by atoms with Gasteiger partial charge in [0.1, 0.15) is 5.16 Å². The van der Waals surface area contributed by atoms with Crippen LogP contribution in [0.4, 0.5) is 13.2 Å². The summed E-state index contributed by atoms with van der Waals surface area (Å²) in [6.45, 7) is 0. The van der Waals surface area contributed by atoms with Crippen molar-refractivity contribution in [2.45, 2.75) is 17.5 Å². The molecule has 1 atom stereocenters. The molecule has 6 heteroatoms. The third kappa shape index (κ3) is 1.75. The molecule has 0 N–H and O–H groups in total. The summed E-state index contributed by atoms with van der Waals surface area (Å²) in [5, 5.41) is -0.228. The van der Waals surface area contributed by atoms with Crippen molar-refractivity contribution >= 4 is 29.4 Å². The van der Waals surface area contributed by atoms with Crippen LogP contribution in [-0.4, -0.2) is 17.3 Å². The molecule has 0 bridgehead atoms. The maximum absolute atomic E-state index is 12.2. The van der Waals surface area contributed by atoms with Crippen molar-refractivity contribution in [1.82, 2.24) is 0 Å². The summed E-state index contributed by atoms with van der Waals surface area (Å²) in [4.78, 5) is 1.07. The van der Waals surface area contributed by atoms with Gasteiger partial charge in [-0.1, -0.05) is 11.6 Å². The highest BCUT2D eigenvalue weighted by molar-refractivity contribution is 6.33. The van der Waals surface area contributed by atoms with Crippen molar-refractivity contribution < 1.29 is 13.2 Å². The maximum Gasteiger partial charge on any atom is 0.411 e. The zero-order chi connectivity index (χ0) is 9.41. The van der Waals surface area contributed by atoms with E-state index in [9.17, 15) is 13.2 Å². The molecule has 0 spiro atoms. The summed E-state index contributed by atoms with van der Waals surface area (Å²) in [5.41, 5.74) is 0. The Kier molecular flexibility index (Phi) is 2.40. The number of hydrogen-bond acceptors (Lipinski definition) is 1. The largest absolute Gasteiger partial charge is 0.411 e. The summed E-state index contributed by atoms with van der Waals surface area (Å²) < 4.78 is 36.6. The number of alkyl halides is 4. The molecule has 0 fully saturated rings. The SMILES string of the molecule is FC(F)(F)C1(Cl)C=C(Cl)N=CC1. The molecule has 1 rings (SSSR count). The van der Waals surface area contributed by atoms with Crippen molar-refractivity contribution in [3.05, 3.63) is 11.2 Å². The lowest BCUT2D eigenvalue weighted by atomic mass is 10.0. The fourth-order valence-corrected chi connectivity index (χ4v) is 1.23. The second-order valence-electron chi connectivity index (χ2n) is 2.34. The Bertz CT molecular complexity index is 246. The van der Waals surface area contributed by atoms with Crippen molar-refractivity contribution in [3.63, 3.8) is 0 Å². The molecule has 1 aliphatic rings. The van der Waals surface area contributed by atoms with E-state index in [1.807, 2.05) is 0 Å². The number of allylic oxidation sites excluding steroid dienone is 1. The van der Waals surface area contributed by atoms with E-state index in [0.717, 1.165) is 6.21 Å². The average Bonchev–Trinajstić information content (AvgIpc) is 1.83. The van der Waals surface area contributed by atoms with Gasteiger partial charge < -0.3 is 0 Å². The lowest BCUT2D eigenvalue weighted by Gasteiger charge is -2.26. The Hall–Kier alpha value is -0.220. The molecule has 0 saturated heterocycles. The summed E-state index contributed by atoms with van der Waals surface area (Å²) in [5.74, 6) is 0. The predicted octanol–water partition coefficient (Wildman–Crippen LogP) is 3.08. The van der Waals surface area contributed by atoms with Crippen molar-refractivity contribution in [2.75, 3.05) is 0 Å². The van der Waals surface area contributed by atoms with Gasteiger partial charge in [0.15, 0.2) is 4.87 Å². The topological polar surface area (TPSA) is 12.4 Å². The molecule has 0 saturated carbocycles. The van der Waals surface area contributed by atoms with Crippen molar-refractivity contribution in [2.24, 2.45) is 4.99 Å². The fourth-order valence-electron chi connectivity index (χ4n) is 0.748. The standard InChI is InChI=1S/C6H4Cl2F3N/c7-4-3-5(8,1-2-12-4)6(9,10)11/h2-3H,1H2. The second-order valence-corrected chi connectivity index (χ2v) is 3.40. The molecule has 0 aromatic carbocycles. The van der Waals surface area contributed by atoms with Crippen LogP contribution in [0.15, 0.2) is 16.2 Å². The van der Waals surface area contributed by atoms with Crippen LogP contribution >= 0.6 is 23.2 Å². The Labute approximate surface area is 76.9 Å². The predicted molar refractivity (Wildman–Crippen MR) is 41.7 cm³/mol. The van der Waals surface area contributed by atoms with Crippen LogP contribution in [-0.2, 0) is 0 Å². The Morgan fingerprint density at radius 1 is 1.50 bits per heavy atom. The van der Waals surface area contributed by atoms with Gasteiger partial charge in [0.25, 0.3) is 0 Å². The lowest BCUT2D eigenvalue weighted by molar-refractivity contribution is -0.148. The minimum absolute atomic E-state index is 0.228. The first-order chi connectivity index (χ1) is 5.35. The number of hydrogen-bond donors (Lipinski definition) is 0. The number of halogens is 5. The molecule has 1 unspecified atom stereocenters. The van der Waals surface area contributed by atoms with Crippen LogP contribution in [0.2, 0.25) is 0 Å². The monoisotopic (exact) mass is 217 g/mol. The molecular formula is C6H4Cl2F3N. The van der Waals surface area contributed by atoms with Crippen LogP contribution in [0, 0.1) is 0 Å². The molecule has 68 valence electrons. The van der Waals surface area contributed by atoms with E-state index >= 15 is 0 Å². The van der Waals surface area contributed by atoms with E-state index in [-0.39, 0.29) is 11.6 Å². The quantitative estimate of drug-likeness (QED) is 0.437. The second kappa shape index (κ2) is 2.92. The van der Waals surface area contributed by atoms with Gasteiger partial charge in [0, 0.05) is 12.6 Å². The minimum Gasteiger partial charge on any atom is -0.249 e. The van der Waals surface area contributed by atoms with E-state index in [4.69, 9.17) is 23.2 Å². The molecular weight excluding hydrogens is 214 g/mol. The van der Waals surface area contributed by atoms with Crippen molar-refractivity contribution in [3.8, 4) is 0 Å². The molecule has 0 aliphatic carbocycles. The van der Waals surface area contributed by atoms with Gasteiger partial charge in [0.2, 0.25) is 0 Å². The third-order valence-electron chi connectivity index (χ3n) is 1.42. The maximum atomic E-state index is 12.2. The molecule has 12 heavy (non-hydrogen) atoms. The first kappa shape index (κ1) is 9.86. The van der Waals surface area contributed by atoms with Crippen LogP contribution in [0.25, 0.3) is 0 Å². The smallest absolute Gasteiger partial charge is 0.249 e. The first-order valence-corrected chi connectivity index (χ1v) is 3.77. The highest BCUT2D eigenvalue weighted by atomic mass is 35.5. The zero-order valence-electron chi connectivity index (χ0n) is 5.70. The van der Waals surface area contributed by atoms with Crippen molar-refractivity contribution in [1.29, 1.82) is 0 Å². The molecule has 1 heterocycles. The Balaban J connectivity index is 2.95. The van der Waals surface area contributed by atoms with Gasteiger partial charge in [0.05, 0.1) is 0 Å². The fraction of sp³-hybridized carbons (Fsp3) is 0.500. The normalized spacial score (nSPS) is 30.2. The van der Waals surface area contributed by atoms with E-state index < -0.39 is 11.1 Å². The third-order valence-corrected chi connectivity index (χ3v) is 2.11. The van der Waals surface area contributed by atoms with Crippen LogP contribution in [0.5, 0.6) is 0 Å². The van der Waals surface area contributed by atoms with Crippen LogP contribution < -0.4 is 0 Å². The number of aliphatic imine (C=N–C) groups is 1. The van der Waals surface area contributed by atoms with Gasteiger partial charge in [-0.15, -0.1) is 11.6 Å². The summed E-state index contributed by atoms with van der Waals surface area (Å²) in [6.07, 6.45) is -3.12. The van der Waals surface area contributed by atoms with E-state index in [1.165, 1.54) is 0 Å². The first-order valence-electron chi connectivity index (χ1n) is 3.02. The molecule has 1 nitrogen and oxygen atoms in total. The Morgan fingerprint density at radius 3 is 2.42 bits per heavy atom. The molecule has 0 amide bonds. The van der Waals surface area contributed by atoms with E-state index in [2.05, 4.69) is 4.99 Å². The molecule has 0 aromatic heterocycles. The Morgan fingerprint density at radius 2 is 2.08 bits per heavy atom. The number of rotatable bonds is 0. The average molecular weight is 218 g/mol. The van der Waals surface area contributed by atoms with Gasteiger partial charge >= 0.3 is 6.18 Å². The van der Waals surface area contributed by atoms with Crippen LogP contribution in [0.3, 0.4) is 0 Å².